The number of hydrogen-bond donors (Lipinski definition) is 1. The minimum atomic E-state index is -0.268. The lowest BCUT2D eigenvalue weighted by molar-refractivity contribution is -0.118. The van der Waals surface area contributed by atoms with E-state index < -0.39 is 0 Å². The second-order valence-corrected chi connectivity index (χ2v) is 6.84. The number of ether oxygens (including phenoxy) is 1. The number of amides is 1. The zero-order valence-corrected chi connectivity index (χ0v) is 14.6. The number of carbonyl (C=O) groups excluding carboxylic acids is 1. The minimum absolute atomic E-state index is 0.161. The highest BCUT2D eigenvalue weighted by atomic mass is 35.5. The molecule has 0 atom stereocenters. The van der Waals surface area contributed by atoms with Crippen LogP contribution in [0.4, 0.5) is 5.95 Å². The van der Waals surface area contributed by atoms with Gasteiger partial charge in [-0.05, 0) is 45.1 Å². The molecule has 126 valence electrons. The molecule has 0 saturated heterocycles. The highest BCUT2D eigenvalue weighted by molar-refractivity contribution is 6.29. The highest BCUT2D eigenvalue weighted by Crippen LogP contribution is 2.27. The molecule has 2 aromatic rings. The molecule has 0 spiro atoms. The normalized spacial score (nSPS) is 13.8. The van der Waals surface area contributed by atoms with Crippen molar-refractivity contribution in [2.24, 2.45) is 0 Å². The largest absolute Gasteiger partial charge is 0.375 e. The monoisotopic (exact) mass is 346 g/mol. The summed E-state index contributed by atoms with van der Waals surface area (Å²) in [6.07, 6.45) is 6.00. The Morgan fingerprint density at radius 3 is 2.71 bits per heavy atom. The van der Waals surface area contributed by atoms with Gasteiger partial charge in [0.1, 0.15) is 10.7 Å². The maximum absolute atomic E-state index is 12.2. The summed E-state index contributed by atoms with van der Waals surface area (Å²) in [6.45, 7) is 6.21. The Hall–Kier alpha value is -2.18. The number of carbonyl (C=O) groups is 1. The standard InChI is InChI=1S/C17H19ClN4O2/c1-17(2,3)24-10-9-14(23)21-16-19-12-7-8-13(18)20-15(12)22(16)11-5-4-6-11/h4-8H,9-10H2,1-3H3,(H,19,21,23). The number of allylic oxidation sites excluding steroid dienone is 4. The summed E-state index contributed by atoms with van der Waals surface area (Å²) < 4.78 is 7.36. The van der Waals surface area contributed by atoms with Gasteiger partial charge in [0.05, 0.1) is 24.3 Å². The summed E-state index contributed by atoms with van der Waals surface area (Å²) in [5, 5.41) is 3.21. The van der Waals surface area contributed by atoms with Gasteiger partial charge in [-0.25, -0.2) is 9.97 Å². The molecule has 0 aromatic carbocycles. The van der Waals surface area contributed by atoms with Gasteiger partial charge in [-0.2, -0.15) is 0 Å². The van der Waals surface area contributed by atoms with Gasteiger partial charge in [0, 0.05) is 0 Å². The quantitative estimate of drug-likeness (QED) is 0.839. The number of imidazole rings is 1. The third kappa shape index (κ3) is 3.66. The first kappa shape index (κ1) is 16.7. The van der Waals surface area contributed by atoms with Crippen molar-refractivity contribution in [3.05, 3.63) is 35.5 Å². The summed E-state index contributed by atoms with van der Waals surface area (Å²) in [7, 11) is 0. The van der Waals surface area contributed by atoms with Gasteiger partial charge in [0.15, 0.2) is 5.65 Å². The molecule has 1 amide bonds. The van der Waals surface area contributed by atoms with Crippen LogP contribution in [0, 0.1) is 0 Å². The van der Waals surface area contributed by atoms with E-state index in [0.717, 1.165) is 5.70 Å². The number of pyridine rings is 1. The van der Waals surface area contributed by atoms with E-state index in [4.69, 9.17) is 16.3 Å². The third-order valence-electron chi connectivity index (χ3n) is 3.38. The van der Waals surface area contributed by atoms with E-state index in [1.165, 1.54) is 0 Å². The number of aromatic nitrogens is 3. The molecular formula is C17H19ClN4O2. The molecule has 0 aliphatic heterocycles. The van der Waals surface area contributed by atoms with Crippen molar-refractivity contribution in [2.75, 3.05) is 11.9 Å². The fraction of sp³-hybridized carbons (Fsp3) is 0.353. The Morgan fingerprint density at radius 1 is 1.33 bits per heavy atom. The zero-order chi connectivity index (χ0) is 17.3. The molecule has 0 unspecified atom stereocenters. The number of fused-ring (bicyclic) bond motifs is 1. The van der Waals surface area contributed by atoms with E-state index in [-0.39, 0.29) is 17.9 Å². The molecule has 0 saturated carbocycles. The number of nitrogens with one attached hydrogen (secondary N) is 1. The molecule has 0 bridgehead atoms. The summed E-state index contributed by atoms with van der Waals surface area (Å²) in [5.41, 5.74) is 1.91. The first-order chi connectivity index (χ1) is 11.3. The van der Waals surface area contributed by atoms with Gasteiger partial charge < -0.3 is 4.74 Å². The van der Waals surface area contributed by atoms with E-state index in [0.29, 0.717) is 28.9 Å². The molecule has 6 nitrogen and oxygen atoms in total. The second-order valence-electron chi connectivity index (χ2n) is 6.46. The van der Waals surface area contributed by atoms with Crippen LogP contribution < -0.4 is 5.32 Å². The Balaban J connectivity index is 1.80. The Kier molecular flexibility index (Phi) is 4.43. The molecule has 1 N–H and O–H groups in total. The van der Waals surface area contributed by atoms with Gasteiger partial charge in [-0.1, -0.05) is 17.7 Å². The van der Waals surface area contributed by atoms with Gasteiger partial charge >= 0.3 is 0 Å². The molecule has 24 heavy (non-hydrogen) atoms. The number of hydrogen-bond acceptors (Lipinski definition) is 4. The van der Waals surface area contributed by atoms with Crippen LogP contribution in [-0.4, -0.2) is 32.7 Å². The zero-order valence-electron chi connectivity index (χ0n) is 13.8. The topological polar surface area (TPSA) is 69.0 Å². The van der Waals surface area contributed by atoms with Crippen LogP contribution in [0.15, 0.2) is 30.4 Å². The van der Waals surface area contributed by atoms with Crippen molar-refractivity contribution >= 4 is 40.3 Å². The highest BCUT2D eigenvalue weighted by Gasteiger charge is 2.18. The Labute approximate surface area is 145 Å². The van der Waals surface area contributed by atoms with Crippen LogP contribution in [0.2, 0.25) is 5.15 Å². The van der Waals surface area contributed by atoms with Gasteiger partial charge in [0.2, 0.25) is 11.9 Å². The lowest BCUT2D eigenvalue weighted by Gasteiger charge is -2.19. The van der Waals surface area contributed by atoms with Gasteiger partial charge in [0.25, 0.3) is 0 Å². The molecule has 7 heteroatoms. The Morgan fingerprint density at radius 2 is 2.08 bits per heavy atom. The smallest absolute Gasteiger partial charge is 0.229 e. The Bertz CT molecular complexity index is 846. The number of nitrogens with zero attached hydrogens (tertiary/aromatic N) is 3. The predicted octanol–water partition coefficient (Wildman–Crippen LogP) is 3.64. The van der Waals surface area contributed by atoms with Crippen LogP contribution >= 0.6 is 11.6 Å². The second kappa shape index (κ2) is 6.37. The van der Waals surface area contributed by atoms with Gasteiger partial charge in [-0.3, -0.25) is 14.7 Å². The van der Waals surface area contributed by atoms with Gasteiger partial charge in [-0.15, -0.1) is 0 Å². The molecular weight excluding hydrogens is 328 g/mol. The number of rotatable bonds is 5. The SMILES string of the molecule is CC(C)(C)OCCC(=O)Nc1nc2ccc(Cl)nc2n1C1=CC=C1. The third-order valence-corrected chi connectivity index (χ3v) is 3.59. The van der Waals surface area contributed by atoms with Crippen LogP contribution in [0.25, 0.3) is 16.9 Å². The van der Waals surface area contributed by atoms with Crippen molar-refractivity contribution in [1.29, 1.82) is 0 Å². The van der Waals surface area contributed by atoms with E-state index in [9.17, 15) is 4.79 Å². The summed E-state index contributed by atoms with van der Waals surface area (Å²) in [4.78, 5) is 21.0. The van der Waals surface area contributed by atoms with Crippen LogP contribution in [-0.2, 0) is 9.53 Å². The average Bonchev–Trinajstić information content (AvgIpc) is 2.73. The number of anilines is 1. The van der Waals surface area contributed by atoms with Crippen molar-refractivity contribution in [2.45, 2.75) is 32.8 Å². The molecule has 3 rings (SSSR count). The first-order valence-corrected chi connectivity index (χ1v) is 8.09. The van der Waals surface area contributed by atoms with Crippen molar-refractivity contribution in [3.63, 3.8) is 0 Å². The van der Waals surface area contributed by atoms with E-state index in [2.05, 4.69) is 15.3 Å². The van der Waals surface area contributed by atoms with E-state index >= 15 is 0 Å². The maximum atomic E-state index is 12.2. The molecule has 0 radical (unpaired) electrons. The fourth-order valence-corrected chi connectivity index (χ4v) is 2.37. The maximum Gasteiger partial charge on any atom is 0.229 e. The first-order valence-electron chi connectivity index (χ1n) is 7.71. The fourth-order valence-electron chi connectivity index (χ4n) is 2.23. The average molecular weight is 347 g/mol. The van der Waals surface area contributed by atoms with Crippen molar-refractivity contribution < 1.29 is 9.53 Å². The van der Waals surface area contributed by atoms with Crippen molar-refractivity contribution in [1.82, 2.24) is 14.5 Å². The van der Waals surface area contributed by atoms with E-state index in [1.54, 1.807) is 16.7 Å². The van der Waals surface area contributed by atoms with Crippen LogP contribution in [0.5, 0.6) is 0 Å². The molecule has 1 aliphatic rings. The van der Waals surface area contributed by atoms with E-state index in [1.807, 2.05) is 39.0 Å². The summed E-state index contributed by atoms with van der Waals surface area (Å²) >= 11 is 5.99. The molecule has 0 fully saturated rings. The predicted molar refractivity (Wildman–Crippen MR) is 94.9 cm³/mol. The number of halogens is 1. The molecule has 1 aliphatic carbocycles. The lowest BCUT2D eigenvalue weighted by Crippen LogP contribution is -2.23. The molecule has 2 aromatic heterocycles. The minimum Gasteiger partial charge on any atom is -0.375 e. The molecule has 2 heterocycles. The van der Waals surface area contributed by atoms with Crippen LogP contribution in [0.1, 0.15) is 27.2 Å². The van der Waals surface area contributed by atoms with Crippen molar-refractivity contribution in [3.8, 4) is 0 Å². The van der Waals surface area contributed by atoms with Crippen LogP contribution in [0.3, 0.4) is 0 Å². The summed E-state index contributed by atoms with van der Waals surface area (Å²) in [5.74, 6) is 0.266. The summed E-state index contributed by atoms with van der Waals surface area (Å²) in [6, 6.07) is 3.46. The lowest BCUT2D eigenvalue weighted by atomic mass is 10.2.